The fourth-order valence-electron chi connectivity index (χ4n) is 3.36. The number of aryl methyl sites for hydroxylation is 2. The summed E-state index contributed by atoms with van der Waals surface area (Å²) >= 11 is 0. The van der Waals surface area contributed by atoms with Gasteiger partial charge >= 0.3 is 0 Å². The van der Waals surface area contributed by atoms with Crippen LogP contribution in [-0.2, 0) is 12.8 Å². The second kappa shape index (κ2) is 4.74. The van der Waals surface area contributed by atoms with Crippen molar-refractivity contribution in [2.45, 2.75) is 38.1 Å². The van der Waals surface area contributed by atoms with E-state index in [1.54, 1.807) is 0 Å². The number of furan rings is 1. The highest BCUT2D eigenvalue weighted by molar-refractivity contribution is 5.78. The van der Waals surface area contributed by atoms with Crippen LogP contribution in [0, 0.1) is 0 Å². The van der Waals surface area contributed by atoms with Gasteiger partial charge in [-0.2, -0.15) is 0 Å². The minimum Gasteiger partial charge on any atom is -0.457 e. The smallest absolute Gasteiger partial charge is 0.226 e. The molecule has 0 radical (unpaired) electrons. The molecule has 1 fully saturated rings. The number of hydrogen-bond acceptors (Lipinski definition) is 5. The monoisotopic (exact) mass is 272 g/mol. The van der Waals surface area contributed by atoms with Gasteiger partial charge in [0.25, 0.3) is 0 Å². The van der Waals surface area contributed by atoms with Gasteiger partial charge in [-0.05, 0) is 32.7 Å². The third kappa shape index (κ3) is 1.88. The Bertz CT molecular complexity index is 636. The summed E-state index contributed by atoms with van der Waals surface area (Å²) in [6.07, 6.45) is 7.62. The van der Waals surface area contributed by atoms with Crippen LogP contribution in [0.3, 0.4) is 0 Å². The van der Waals surface area contributed by atoms with Crippen molar-refractivity contribution in [3.8, 4) is 0 Å². The second-order valence-electron chi connectivity index (χ2n) is 5.81. The number of fused-ring (bicyclic) bond motifs is 3. The average Bonchev–Trinajstić information content (AvgIpc) is 3.11. The SMILES string of the molecule is CN[C@@H]1CCN(c2ncc3oc4c(c3n2)CCCC4)C1. The molecule has 0 aromatic carbocycles. The van der Waals surface area contributed by atoms with Gasteiger partial charge < -0.3 is 14.6 Å². The molecule has 1 aliphatic heterocycles. The molecule has 1 saturated heterocycles. The average molecular weight is 272 g/mol. The van der Waals surface area contributed by atoms with Crippen molar-refractivity contribution >= 4 is 17.0 Å². The summed E-state index contributed by atoms with van der Waals surface area (Å²) in [5.41, 5.74) is 3.21. The molecule has 106 valence electrons. The van der Waals surface area contributed by atoms with Gasteiger partial charge in [0.2, 0.25) is 5.95 Å². The predicted molar refractivity (Wildman–Crippen MR) is 78.1 cm³/mol. The zero-order valence-corrected chi connectivity index (χ0v) is 11.9. The van der Waals surface area contributed by atoms with Gasteiger partial charge in [0, 0.05) is 31.1 Å². The number of anilines is 1. The van der Waals surface area contributed by atoms with Gasteiger partial charge in [0.05, 0.1) is 6.20 Å². The van der Waals surface area contributed by atoms with Crippen LogP contribution >= 0.6 is 0 Å². The van der Waals surface area contributed by atoms with E-state index in [9.17, 15) is 0 Å². The van der Waals surface area contributed by atoms with E-state index in [-0.39, 0.29) is 0 Å². The highest BCUT2D eigenvalue weighted by atomic mass is 16.3. The molecule has 2 aromatic heterocycles. The summed E-state index contributed by atoms with van der Waals surface area (Å²) in [5.74, 6) is 1.98. The minimum atomic E-state index is 0.549. The van der Waals surface area contributed by atoms with E-state index in [0.717, 1.165) is 55.2 Å². The molecule has 0 unspecified atom stereocenters. The molecule has 1 aliphatic carbocycles. The lowest BCUT2D eigenvalue weighted by molar-refractivity contribution is 0.505. The summed E-state index contributed by atoms with van der Waals surface area (Å²) < 4.78 is 5.89. The first-order valence-corrected chi connectivity index (χ1v) is 7.54. The van der Waals surface area contributed by atoms with Crippen molar-refractivity contribution in [3.63, 3.8) is 0 Å². The van der Waals surface area contributed by atoms with Crippen molar-refractivity contribution in [2.75, 3.05) is 25.0 Å². The van der Waals surface area contributed by atoms with Crippen LogP contribution in [-0.4, -0.2) is 36.1 Å². The van der Waals surface area contributed by atoms with E-state index < -0.39 is 0 Å². The summed E-state index contributed by atoms with van der Waals surface area (Å²) in [6, 6.07) is 0.549. The lowest BCUT2D eigenvalue weighted by atomic mass is 9.98. The molecule has 0 saturated carbocycles. The van der Waals surface area contributed by atoms with E-state index in [1.165, 1.54) is 18.4 Å². The molecular weight excluding hydrogens is 252 g/mol. The predicted octanol–water partition coefficient (Wildman–Crippen LogP) is 1.90. The van der Waals surface area contributed by atoms with Crippen LogP contribution < -0.4 is 10.2 Å². The van der Waals surface area contributed by atoms with Crippen LogP contribution in [0.4, 0.5) is 5.95 Å². The number of nitrogens with one attached hydrogen (secondary N) is 1. The zero-order chi connectivity index (χ0) is 13.5. The highest BCUT2D eigenvalue weighted by Gasteiger charge is 2.25. The maximum Gasteiger partial charge on any atom is 0.226 e. The zero-order valence-electron chi connectivity index (χ0n) is 11.9. The van der Waals surface area contributed by atoms with Gasteiger partial charge in [-0.3, -0.25) is 0 Å². The lowest BCUT2D eigenvalue weighted by Gasteiger charge is -2.16. The molecule has 1 atom stereocenters. The van der Waals surface area contributed by atoms with Crippen molar-refractivity contribution in [1.29, 1.82) is 0 Å². The van der Waals surface area contributed by atoms with Crippen molar-refractivity contribution in [2.24, 2.45) is 0 Å². The number of likely N-dealkylation sites (N-methyl/N-ethyl adjacent to an activating group) is 1. The molecule has 5 nitrogen and oxygen atoms in total. The Kier molecular flexibility index (Phi) is 2.88. The Balaban J connectivity index is 1.71. The van der Waals surface area contributed by atoms with Gasteiger partial charge in [0.15, 0.2) is 5.58 Å². The third-order valence-electron chi connectivity index (χ3n) is 4.56. The summed E-state index contributed by atoms with van der Waals surface area (Å²) in [4.78, 5) is 11.6. The Morgan fingerprint density at radius 1 is 1.35 bits per heavy atom. The first-order valence-electron chi connectivity index (χ1n) is 7.54. The molecule has 2 aromatic rings. The van der Waals surface area contributed by atoms with Gasteiger partial charge in [-0.15, -0.1) is 0 Å². The Hall–Kier alpha value is -1.62. The van der Waals surface area contributed by atoms with Crippen LogP contribution in [0.2, 0.25) is 0 Å². The second-order valence-corrected chi connectivity index (χ2v) is 5.81. The summed E-state index contributed by atoms with van der Waals surface area (Å²) in [6.45, 7) is 2.01. The fraction of sp³-hybridized carbons (Fsp3) is 0.600. The maximum atomic E-state index is 5.89. The van der Waals surface area contributed by atoms with Crippen molar-refractivity contribution in [3.05, 3.63) is 17.5 Å². The topological polar surface area (TPSA) is 54.2 Å². The highest BCUT2D eigenvalue weighted by Crippen LogP contribution is 2.31. The number of nitrogens with zero attached hydrogens (tertiary/aromatic N) is 3. The molecule has 2 aliphatic rings. The Labute approximate surface area is 118 Å². The summed E-state index contributed by atoms with van der Waals surface area (Å²) in [5, 5.41) is 3.33. The fourth-order valence-corrected chi connectivity index (χ4v) is 3.36. The van der Waals surface area contributed by atoms with Crippen molar-refractivity contribution in [1.82, 2.24) is 15.3 Å². The molecule has 20 heavy (non-hydrogen) atoms. The lowest BCUT2D eigenvalue weighted by Crippen LogP contribution is -2.30. The summed E-state index contributed by atoms with van der Waals surface area (Å²) in [7, 11) is 2.02. The van der Waals surface area contributed by atoms with Crippen LogP contribution in [0.15, 0.2) is 10.6 Å². The first-order chi connectivity index (χ1) is 9.85. The number of rotatable bonds is 2. The molecule has 5 heteroatoms. The van der Waals surface area contributed by atoms with Crippen LogP contribution in [0.1, 0.15) is 30.6 Å². The molecule has 4 rings (SSSR count). The molecule has 0 bridgehead atoms. The standard InChI is InChI=1S/C15H20N4O/c1-16-10-6-7-19(9-10)15-17-8-13-14(18-15)11-4-2-3-5-12(11)20-13/h8,10,16H,2-7,9H2,1H3/t10-/m1/s1. The quantitative estimate of drug-likeness (QED) is 0.905. The van der Waals surface area contributed by atoms with E-state index in [4.69, 9.17) is 9.40 Å². The van der Waals surface area contributed by atoms with Crippen molar-refractivity contribution < 1.29 is 4.42 Å². The van der Waals surface area contributed by atoms with E-state index in [1.807, 2.05) is 13.2 Å². The van der Waals surface area contributed by atoms with E-state index in [2.05, 4.69) is 15.2 Å². The molecule has 0 amide bonds. The van der Waals surface area contributed by atoms with Crippen LogP contribution in [0.25, 0.3) is 11.1 Å². The molecule has 3 heterocycles. The maximum absolute atomic E-state index is 5.89. The molecule has 0 spiro atoms. The number of aromatic nitrogens is 2. The van der Waals surface area contributed by atoms with Gasteiger partial charge in [0.1, 0.15) is 11.3 Å². The molecule has 1 N–H and O–H groups in total. The van der Waals surface area contributed by atoms with Crippen LogP contribution in [0.5, 0.6) is 0 Å². The normalized spacial score (nSPS) is 22.4. The van der Waals surface area contributed by atoms with E-state index >= 15 is 0 Å². The Morgan fingerprint density at radius 3 is 3.10 bits per heavy atom. The van der Waals surface area contributed by atoms with Gasteiger partial charge in [-0.25, -0.2) is 9.97 Å². The number of hydrogen-bond donors (Lipinski definition) is 1. The minimum absolute atomic E-state index is 0.549. The van der Waals surface area contributed by atoms with E-state index in [0.29, 0.717) is 6.04 Å². The van der Waals surface area contributed by atoms with Gasteiger partial charge in [-0.1, -0.05) is 0 Å². The third-order valence-corrected chi connectivity index (χ3v) is 4.56. The largest absolute Gasteiger partial charge is 0.457 e. The first kappa shape index (κ1) is 12.1. The Morgan fingerprint density at radius 2 is 2.25 bits per heavy atom. The molecular formula is C15H20N4O.